The second kappa shape index (κ2) is 5.66. The molecule has 2 nitrogen and oxygen atoms in total. The highest BCUT2D eigenvalue weighted by molar-refractivity contribution is 4.91. The van der Waals surface area contributed by atoms with Gasteiger partial charge in [-0.05, 0) is 50.5 Å². The Morgan fingerprint density at radius 1 is 1.20 bits per heavy atom. The molecular formula is C13H23NO. The summed E-state index contributed by atoms with van der Waals surface area (Å²) in [4.78, 5) is 0. The fourth-order valence-corrected chi connectivity index (χ4v) is 2.88. The highest BCUT2D eigenvalue weighted by atomic mass is 16.3. The molecule has 86 valence electrons. The first-order valence-corrected chi connectivity index (χ1v) is 6.39. The molecular weight excluding hydrogens is 186 g/mol. The molecule has 2 aliphatic carbocycles. The van der Waals surface area contributed by atoms with E-state index in [2.05, 4.69) is 17.5 Å². The number of aliphatic hydroxyl groups excluding tert-OH is 1. The third-order valence-corrected chi connectivity index (χ3v) is 3.94. The Balaban J connectivity index is 1.70. The molecule has 0 aromatic carbocycles. The molecule has 0 bridgehead atoms. The summed E-state index contributed by atoms with van der Waals surface area (Å²) in [5, 5.41) is 12.9. The van der Waals surface area contributed by atoms with Gasteiger partial charge in [0.05, 0.1) is 0 Å². The average Bonchev–Trinajstić information content (AvgIpc) is 2.75. The summed E-state index contributed by atoms with van der Waals surface area (Å²) in [6, 6.07) is 0.584. The van der Waals surface area contributed by atoms with Gasteiger partial charge in [0, 0.05) is 12.6 Å². The number of nitrogens with one attached hydrogen (secondary N) is 1. The topological polar surface area (TPSA) is 32.3 Å². The minimum absolute atomic E-state index is 0.363. The Kier molecular flexibility index (Phi) is 4.21. The second-order valence-corrected chi connectivity index (χ2v) is 5.04. The van der Waals surface area contributed by atoms with Gasteiger partial charge in [-0.25, -0.2) is 0 Å². The Bertz CT molecular complexity index is 215. The molecule has 0 aliphatic heterocycles. The van der Waals surface area contributed by atoms with Gasteiger partial charge < -0.3 is 10.4 Å². The lowest BCUT2D eigenvalue weighted by atomic mass is 9.93. The summed E-state index contributed by atoms with van der Waals surface area (Å²) in [5.41, 5.74) is 0. The zero-order valence-corrected chi connectivity index (χ0v) is 9.49. The van der Waals surface area contributed by atoms with E-state index in [4.69, 9.17) is 0 Å². The van der Waals surface area contributed by atoms with Gasteiger partial charge in [0.25, 0.3) is 0 Å². The molecule has 0 spiro atoms. The summed E-state index contributed by atoms with van der Waals surface area (Å²) in [6.45, 7) is 1.51. The van der Waals surface area contributed by atoms with Crippen LogP contribution in [-0.2, 0) is 0 Å². The minimum atomic E-state index is 0.363. The molecule has 0 aromatic rings. The van der Waals surface area contributed by atoms with Crippen molar-refractivity contribution >= 4 is 0 Å². The molecule has 15 heavy (non-hydrogen) atoms. The molecule has 1 fully saturated rings. The van der Waals surface area contributed by atoms with Crippen molar-refractivity contribution in [3.05, 3.63) is 12.2 Å². The predicted octanol–water partition coefficient (Wildman–Crippen LogP) is 2.09. The van der Waals surface area contributed by atoms with Crippen molar-refractivity contribution in [2.45, 2.75) is 44.6 Å². The molecule has 0 heterocycles. The molecule has 0 amide bonds. The van der Waals surface area contributed by atoms with E-state index >= 15 is 0 Å². The average molecular weight is 209 g/mol. The lowest BCUT2D eigenvalue weighted by Gasteiger charge is -2.24. The quantitative estimate of drug-likeness (QED) is 0.695. The number of allylic oxidation sites excluding steroid dienone is 2. The molecule has 2 aliphatic rings. The number of hydrogen-bond donors (Lipinski definition) is 2. The van der Waals surface area contributed by atoms with Gasteiger partial charge in [0.15, 0.2) is 0 Å². The van der Waals surface area contributed by atoms with E-state index in [1.54, 1.807) is 0 Å². The Labute approximate surface area is 92.8 Å². The van der Waals surface area contributed by atoms with Crippen molar-refractivity contribution < 1.29 is 5.11 Å². The third kappa shape index (κ3) is 3.05. The summed E-state index contributed by atoms with van der Waals surface area (Å²) in [5.74, 6) is 1.35. The summed E-state index contributed by atoms with van der Waals surface area (Å²) >= 11 is 0. The summed E-state index contributed by atoms with van der Waals surface area (Å²) in [7, 11) is 0. The van der Waals surface area contributed by atoms with E-state index in [0.29, 0.717) is 18.6 Å². The van der Waals surface area contributed by atoms with E-state index in [9.17, 15) is 5.11 Å². The van der Waals surface area contributed by atoms with Gasteiger partial charge in [-0.15, -0.1) is 0 Å². The van der Waals surface area contributed by atoms with Crippen molar-refractivity contribution in [3.8, 4) is 0 Å². The number of aliphatic hydroxyl groups is 1. The second-order valence-electron chi connectivity index (χ2n) is 5.04. The van der Waals surface area contributed by atoms with Crippen LogP contribution >= 0.6 is 0 Å². The zero-order chi connectivity index (χ0) is 10.5. The third-order valence-electron chi connectivity index (χ3n) is 3.94. The van der Waals surface area contributed by atoms with Gasteiger partial charge >= 0.3 is 0 Å². The fourth-order valence-electron chi connectivity index (χ4n) is 2.88. The van der Waals surface area contributed by atoms with Crippen molar-refractivity contribution in [3.63, 3.8) is 0 Å². The Morgan fingerprint density at radius 2 is 2.13 bits per heavy atom. The van der Waals surface area contributed by atoms with Crippen molar-refractivity contribution in [1.82, 2.24) is 5.32 Å². The molecule has 1 saturated carbocycles. The smallest absolute Gasteiger partial charge is 0.0474 e. The van der Waals surface area contributed by atoms with E-state index < -0.39 is 0 Å². The summed E-state index contributed by atoms with van der Waals surface area (Å²) < 4.78 is 0. The SMILES string of the molecule is OCC1CCCC1NCC1CC=CCC1. The molecule has 0 aromatic heterocycles. The van der Waals surface area contributed by atoms with Crippen LogP contribution in [0.15, 0.2) is 12.2 Å². The normalized spacial score (nSPS) is 35.9. The fraction of sp³-hybridized carbons (Fsp3) is 0.846. The van der Waals surface area contributed by atoms with Crippen molar-refractivity contribution in [1.29, 1.82) is 0 Å². The number of hydrogen-bond acceptors (Lipinski definition) is 2. The van der Waals surface area contributed by atoms with Crippen LogP contribution in [0.25, 0.3) is 0 Å². The molecule has 0 radical (unpaired) electrons. The molecule has 3 unspecified atom stereocenters. The largest absolute Gasteiger partial charge is 0.396 e. The van der Waals surface area contributed by atoms with Crippen molar-refractivity contribution in [2.24, 2.45) is 11.8 Å². The van der Waals surface area contributed by atoms with Gasteiger partial charge in [0.2, 0.25) is 0 Å². The first kappa shape index (κ1) is 11.2. The highest BCUT2D eigenvalue weighted by Crippen LogP contribution is 2.26. The van der Waals surface area contributed by atoms with Gasteiger partial charge in [-0.1, -0.05) is 18.6 Å². The van der Waals surface area contributed by atoms with Crippen LogP contribution in [0.1, 0.15) is 38.5 Å². The maximum Gasteiger partial charge on any atom is 0.0474 e. The molecule has 2 N–H and O–H groups in total. The van der Waals surface area contributed by atoms with Crippen LogP contribution in [0.4, 0.5) is 0 Å². The van der Waals surface area contributed by atoms with E-state index in [1.165, 1.54) is 38.5 Å². The van der Waals surface area contributed by atoms with Crippen LogP contribution in [0, 0.1) is 11.8 Å². The van der Waals surface area contributed by atoms with Crippen LogP contribution in [0.5, 0.6) is 0 Å². The standard InChI is InChI=1S/C13H23NO/c15-10-12-7-4-8-13(12)14-9-11-5-2-1-3-6-11/h1-2,11-15H,3-10H2. The van der Waals surface area contributed by atoms with Gasteiger partial charge in [-0.2, -0.15) is 0 Å². The van der Waals surface area contributed by atoms with E-state index in [-0.39, 0.29) is 0 Å². The van der Waals surface area contributed by atoms with Crippen LogP contribution in [0.3, 0.4) is 0 Å². The maximum atomic E-state index is 9.22. The van der Waals surface area contributed by atoms with Crippen LogP contribution in [0.2, 0.25) is 0 Å². The highest BCUT2D eigenvalue weighted by Gasteiger charge is 2.26. The Morgan fingerprint density at radius 3 is 2.87 bits per heavy atom. The predicted molar refractivity (Wildman–Crippen MR) is 62.7 cm³/mol. The molecule has 0 saturated heterocycles. The van der Waals surface area contributed by atoms with Crippen molar-refractivity contribution in [2.75, 3.05) is 13.2 Å². The molecule has 2 rings (SSSR count). The van der Waals surface area contributed by atoms with Crippen LogP contribution < -0.4 is 5.32 Å². The lowest BCUT2D eigenvalue weighted by Crippen LogP contribution is -2.37. The Hall–Kier alpha value is -0.340. The first-order valence-electron chi connectivity index (χ1n) is 6.39. The van der Waals surface area contributed by atoms with Crippen LogP contribution in [-0.4, -0.2) is 24.3 Å². The van der Waals surface area contributed by atoms with E-state index in [0.717, 1.165) is 12.5 Å². The minimum Gasteiger partial charge on any atom is -0.396 e. The van der Waals surface area contributed by atoms with Gasteiger partial charge in [0.1, 0.15) is 0 Å². The monoisotopic (exact) mass is 209 g/mol. The maximum absolute atomic E-state index is 9.22. The lowest BCUT2D eigenvalue weighted by molar-refractivity contribution is 0.202. The molecule has 2 heteroatoms. The summed E-state index contributed by atoms with van der Waals surface area (Å²) in [6.07, 6.45) is 12.2. The molecule has 3 atom stereocenters. The zero-order valence-electron chi connectivity index (χ0n) is 9.49. The first-order chi connectivity index (χ1) is 7.40. The van der Waals surface area contributed by atoms with E-state index in [1.807, 2.05) is 0 Å². The van der Waals surface area contributed by atoms with Gasteiger partial charge in [-0.3, -0.25) is 0 Å². The number of rotatable bonds is 4.